The number of ether oxygens (including phenoxy) is 1. The Morgan fingerprint density at radius 1 is 1.37 bits per heavy atom. The molecule has 19 heavy (non-hydrogen) atoms. The minimum atomic E-state index is 0.500. The Labute approximate surface area is 120 Å². The smallest absolute Gasteiger partial charge is 0.153 e. The van der Waals surface area contributed by atoms with Crippen molar-refractivity contribution in [3.8, 4) is 5.75 Å². The van der Waals surface area contributed by atoms with E-state index in [-0.39, 0.29) is 0 Å². The first-order valence-electron chi connectivity index (χ1n) is 5.98. The molecule has 2 aromatic rings. The Bertz CT molecular complexity index is 570. The molecule has 0 amide bonds. The Morgan fingerprint density at radius 2 is 2.21 bits per heavy atom. The minimum Gasteiger partial charge on any atom is -0.492 e. The first-order valence-corrected chi connectivity index (χ1v) is 6.78. The number of nitrogens with zero attached hydrogens (tertiary/aromatic N) is 1. The van der Waals surface area contributed by atoms with Crippen LogP contribution in [0.3, 0.4) is 0 Å². The molecule has 0 aliphatic rings. The van der Waals surface area contributed by atoms with Crippen LogP contribution in [0.1, 0.15) is 21.6 Å². The van der Waals surface area contributed by atoms with Gasteiger partial charge in [-0.2, -0.15) is 0 Å². The summed E-state index contributed by atoms with van der Waals surface area (Å²) in [4.78, 5) is 15.3. The van der Waals surface area contributed by atoms with Gasteiger partial charge < -0.3 is 4.74 Å². The van der Waals surface area contributed by atoms with Gasteiger partial charge in [-0.3, -0.25) is 9.78 Å². The molecule has 0 aliphatic heterocycles. The summed E-state index contributed by atoms with van der Waals surface area (Å²) in [6.07, 6.45) is 3.29. The van der Waals surface area contributed by atoms with Gasteiger partial charge in [0.1, 0.15) is 5.75 Å². The fourth-order valence-corrected chi connectivity index (χ4v) is 2.43. The second-order valence-electron chi connectivity index (χ2n) is 4.18. The molecule has 0 N–H and O–H groups in total. The summed E-state index contributed by atoms with van der Waals surface area (Å²) in [7, 11) is 0. The average Bonchev–Trinajstić information content (AvgIpc) is 2.42. The summed E-state index contributed by atoms with van der Waals surface area (Å²) in [6.45, 7) is 2.42. The van der Waals surface area contributed by atoms with Gasteiger partial charge in [0.2, 0.25) is 0 Å². The van der Waals surface area contributed by atoms with Gasteiger partial charge in [-0.1, -0.05) is 22.0 Å². The highest BCUT2D eigenvalue weighted by molar-refractivity contribution is 9.10. The van der Waals surface area contributed by atoms with E-state index in [2.05, 4.69) is 20.9 Å². The molecule has 4 heteroatoms. The van der Waals surface area contributed by atoms with E-state index >= 15 is 0 Å². The van der Waals surface area contributed by atoms with Gasteiger partial charge in [-0.25, -0.2) is 0 Å². The Kier molecular flexibility index (Phi) is 4.68. The molecule has 0 bridgehead atoms. The number of hydrogen-bond acceptors (Lipinski definition) is 3. The van der Waals surface area contributed by atoms with Crippen molar-refractivity contribution in [1.29, 1.82) is 0 Å². The zero-order valence-corrected chi connectivity index (χ0v) is 12.2. The number of aryl methyl sites for hydroxylation is 1. The Hall–Kier alpha value is -1.68. The van der Waals surface area contributed by atoms with E-state index in [1.165, 1.54) is 0 Å². The zero-order valence-electron chi connectivity index (χ0n) is 10.6. The van der Waals surface area contributed by atoms with Crippen molar-refractivity contribution >= 4 is 22.2 Å². The normalized spacial score (nSPS) is 10.2. The quantitative estimate of drug-likeness (QED) is 0.791. The van der Waals surface area contributed by atoms with Crippen LogP contribution in [-0.2, 0) is 6.42 Å². The molecule has 2 rings (SSSR count). The lowest BCUT2D eigenvalue weighted by molar-refractivity contribution is 0.111. The third-order valence-corrected chi connectivity index (χ3v) is 3.18. The number of aromatic nitrogens is 1. The van der Waals surface area contributed by atoms with Gasteiger partial charge in [0.25, 0.3) is 0 Å². The molecule has 0 radical (unpaired) electrons. The number of carbonyl (C=O) groups excluding carboxylic acids is 1. The number of hydrogen-bond donors (Lipinski definition) is 0. The first-order chi connectivity index (χ1) is 9.20. The average molecular weight is 320 g/mol. The van der Waals surface area contributed by atoms with E-state index in [0.29, 0.717) is 24.3 Å². The minimum absolute atomic E-state index is 0.500. The fraction of sp³-hybridized carbons (Fsp3) is 0.200. The van der Waals surface area contributed by atoms with Crippen molar-refractivity contribution < 1.29 is 9.53 Å². The molecule has 0 unspecified atom stereocenters. The topological polar surface area (TPSA) is 39.2 Å². The number of halogens is 1. The highest BCUT2D eigenvalue weighted by Crippen LogP contribution is 2.26. The number of rotatable bonds is 5. The summed E-state index contributed by atoms with van der Waals surface area (Å²) in [6, 6.07) is 9.48. The lowest BCUT2D eigenvalue weighted by Gasteiger charge is -2.11. The highest BCUT2D eigenvalue weighted by atomic mass is 79.9. The molecule has 98 valence electrons. The molecule has 0 atom stereocenters. The zero-order chi connectivity index (χ0) is 13.7. The van der Waals surface area contributed by atoms with Crippen molar-refractivity contribution in [3.05, 3.63) is 57.8 Å². The van der Waals surface area contributed by atoms with Crippen molar-refractivity contribution in [1.82, 2.24) is 4.98 Å². The largest absolute Gasteiger partial charge is 0.492 e. The molecule has 0 spiro atoms. The third kappa shape index (κ3) is 3.64. The second-order valence-corrected chi connectivity index (χ2v) is 5.09. The maximum atomic E-state index is 11.1. The van der Waals surface area contributed by atoms with Crippen molar-refractivity contribution in [2.75, 3.05) is 6.61 Å². The molecule has 1 aromatic heterocycles. The third-order valence-electron chi connectivity index (χ3n) is 2.73. The van der Waals surface area contributed by atoms with Crippen LogP contribution in [0.5, 0.6) is 5.75 Å². The number of pyridine rings is 1. The van der Waals surface area contributed by atoms with Crippen LogP contribution in [-0.4, -0.2) is 17.9 Å². The molecular weight excluding hydrogens is 306 g/mol. The highest BCUT2D eigenvalue weighted by Gasteiger charge is 2.08. The maximum absolute atomic E-state index is 11.1. The van der Waals surface area contributed by atoms with E-state index in [1.54, 1.807) is 12.3 Å². The van der Waals surface area contributed by atoms with Crippen LogP contribution < -0.4 is 4.74 Å². The fourth-order valence-electron chi connectivity index (χ4n) is 1.84. The Morgan fingerprint density at radius 3 is 2.89 bits per heavy atom. The van der Waals surface area contributed by atoms with Crippen LogP contribution in [0, 0.1) is 6.92 Å². The summed E-state index contributed by atoms with van der Waals surface area (Å²) in [5.41, 5.74) is 2.48. The maximum Gasteiger partial charge on any atom is 0.153 e. The van der Waals surface area contributed by atoms with Gasteiger partial charge in [0.05, 0.1) is 12.2 Å². The van der Waals surface area contributed by atoms with Gasteiger partial charge in [0.15, 0.2) is 6.29 Å². The molecule has 3 nitrogen and oxygen atoms in total. The number of aldehydes is 1. The molecule has 1 heterocycles. The SMILES string of the molecule is Cc1cc(Br)cc(C=O)c1OCCc1ccccn1. The Balaban J connectivity index is 2.05. The van der Waals surface area contributed by atoms with Gasteiger partial charge in [-0.15, -0.1) is 0 Å². The van der Waals surface area contributed by atoms with E-state index in [1.807, 2.05) is 31.2 Å². The monoisotopic (exact) mass is 319 g/mol. The molecule has 0 fully saturated rings. The van der Waals surface area contributed by atoms with Gasteiger partial charge in [0, 0.05) is 22.8 Å². The van der Waals surface area contributed by atoms with Crippen LogP contribution in [0.2, 0.25) is 0 Å². The summed E-state index contributed by atoms with van der Waals surface area (Å²) in [5, 5.41) is 0. The molecule has 0 aliphatic carbocycles. The summed E-state index contributed by atoms with van der Waals surface area (Å²) in [5.74, 6) is 0.647. The lowest BCUT2D eigenvalue weighted by Crippen LogP contribution is -2.05. The van der Waals surface area contributed by atoms with Crippen LogP contribution in [0.15, 0.2) is 41.0 Å². The summed E-state index contributed by atoms with van der Waals surface area (Å²) >= 11 is 3.37. The van der Waals surface area contributed by atoms with Crippen molar-refractivity contribution in [2.24, 2.45) is 0 Å². The molecular formula is C15H14BrNO2. The van der Waals surface area contributed by atoms with Crippen LogP contribution in [0.25, 0.3) is 0 Å². The summed E-state index contributed by atoms with van der Waals surface area (Å²) < 4.78 is 6.60. The van der Waals surface area contributed by atoms with Crippen molar-refractivity contribution in [3.63, 3.8) is 0 Å². The number of benzene rings is 1. The predicted octanol–water partition coefficient (Wildman–Crippen LogP) is 3.59. The first kappa shape index (κ1) is 13.7. The molecule has 1 aromatic carbocycles. The van der Waals surface area contributed by atoms with E-state index < -0.39 is 0 Å². The van der Waals surface area contributed by atoms with Gasteiger partial charge in [-0.05, 0) is 36.8 Å². The number of carbonyl (C=O) groups is 1. The lowest BCUT2D eigenvalue weighted by atomic mass is 10.1. The predicted molar refractivity (Wildman–Crippen MR) is 77.7 cm³/mol. The van der Waals surface area contributed by atoms with E-state index in [0.717, 1.165) is 22.0 Å². The second kappa shape index (κ2) is 6.48. The molecule has 0 saturated carbocycles. The van der Waals surface area contributed by atoms with E-state index in [9.17, 15) is 4.79 Å². The van der Waals surface area contributed by atoms with Gasteiger partial charge >= 0.3 is 0 Å². The van der Waals surface area contributed by atoms with Crippen LogP contribution >= 0.6 is 15.9 Å². The van der Waals surface area contributed by atoms with Crippen molar-refractivity contribution in [2.45, 2.75) is 13.3 Å². The standard InChI is InChI=1S/C15H14BrNO2/c1-11-8-13(16)9-12(10-18)15(11)19-7-5-14-4-2-3-6-17-14/h2-4,6,8-10H,5,7H2,1H3. The van der Waals surface area contributed by atoms with Crippen LogP contribution in [0.4, 0.5) is 0 Å². The molecule has 0 saturated heterocycles. The van der Waals surface area contributed by atoms with E-state index in [4.69, 9.17) is 4.74 Å².